The minimum atomic E-state index is -2.96. The summed E-state index contributed by atoms with van der Waals surface area (Å²) >= 11 is 0. The molecule has 5 atom stereocenters. The molecule has 2 heterocycles. The summed E-state index contributed by atoms with van der Waals surface area (Å²) in [6.45, 7) is 3.85. The van der Waals surface area contributed by atoms with Crippen molar-refractivity contribution in [3.05, 3.63) is 24.0 Å². The molecule has 0 saturated heterocycles. The van der Waals surface area contributed by atoms with E-state index >= 15 is 0 Å². The first-order valence-electron chi connectivity index (χ1n) is 10.7. The molecule has 2 saturated carbocycles. The molecule has 0 spiro atoms. The van der Waals surface area contributed by atoms with Crippen LogP contribution in [0.5, 0.6) is 5.75 Å². The summed E-state index contributed by atoms with van der Waals surface area (Å²) in [7, 11) is 1.69. The molecule has 0 bridgehead atoms. The third-order valence-corrected chi connectivity index (χ3v) is 6.22. The number of nitrogen functional groups attached to an aromatic ring is 1. The first kappa shape index (κ1) is 22.0. The minimum Gasteiger partial charge on any atom is -0.431 e. The Balaban J connectivity index is 1.52. The molecular weight excluding hydrogens is 406 g/mol. The molecule has 0 amide bonds. The highest BCUT2D eigenvalue weighted by Gasteiger charge is 2.58. The van der Waals surface area contributed by atoms with Crippen molar-refractivity contribution in [2.45, 2.75) is 64.4 Å². The molecule has 2 aliphatic rings. The second-order valence-corrected chi connectivity index (χ2v) is 8.83. The largest absolute Gasteiger partial charge is 0.431 e. The third-order valence-electron chi connectivity index (χ3n) is 6.22. The Kier molecular flexibility index (Phi) is 6.16. The summed E-state index contributed by atoms with van der Waals surface area (Å²) < 4.78 is 43.1. The molecule has 0 radical (unpaired) electrons. The van der Waals surface area contributed by atoms with Crippen molar-refractivity contribution in [3.63, 3.8) is 0 Å². The van der Waals surface area contributed by atoms with Gasteiger partial charge in [-0.05, 0) is 57.6 Å². The van der Waals surface area contributed by atoms with Crippen molar-refractivity contribution in [3.8, 4) is 17.0 Å². The minimum absolute atomic E-state index is 0.0713. The lowest BCUT2D eigenvalue weighted by Gasteiger charge is -2.21. The fourth-order valence-electron chi connectivity index (χ4n) is 4.94. The number of ether oxygens (including phenoxy) is 3. The predicted molar refractivity (Wildman–Crippen MR) is 112 cm³/mol. The van der Waals surface area contributed by atoms with Gasteiger partial charge in [0.05, 0.1) is 24.5 Å². The number of alkyl halides is 2. The normalized spacial score (nSPS) is 25.8. The Morgan fingerprint density at radius 1 is 1.19 bits per heavy atom. The summed E-state index contributed by atoms with van der Waals surface area (Å²) in [6, 6.07) is 3.70. The monoisotopic (exact) mass is 436 g/mol. The fraction of sp³-hybridized carbons (Fsp3) is 0.636. The Morgan fingerprint density at radius 2 is 1.90 bits per heavy atom. The Hall–Kier alpha value is -2.26. The van der Waals surface area contributed by atoms with Crippen LogP contribution < -0.4 is 10.5 Å². The highest BCUT2D eigenvalue weighted by atomic mass is 19.3. The van der Waals surface area contributed by atoms with Gasteiger partial charge < -0.3 is 19.9 Å². The van der Waals surface area contributed by atoms with E-state index in [-0.39, 0.29) is 29.8 Å². The van der Waals surface area contributed by atoms with Gasteiger partial charge >= 0.3 is 6.61 Å². The molecule has 2 fully saturated rings. The Labute approximate surface area is 180 Å². The van der Waals surface area contributed by atoms with Crippen molar-refractivity contribution >= 4 is 5.82 Å². The second-order valence-electron chi connectivity index (χ2n) is 8.83. The maximum absolute atomic E-state index is 12.7. The van der Waals surface area contributed by atoms with Crippen LogP contribution in [0.1, 0.15) is 51.3 Å². The zero-order valence-electron chi connectivity index (χ0n) is 18.3. The third kappa shape index (κ3) is 4.52. The molecule has 2 N–H and O–H groups in total. The number of pyridine rings is 1. The molecule has 2 aromatic rings. The van der Waals surface area contributed by atoms with Gasteiger partial charge in [0.25, 0.3) is 0 Å². The molecule has 31 heavy (non-hydrogen) atoms. The summed E-state index contributed by atoms with van der Waals surface area (Å²) in [6.07, 6.45) is 4.00. The average molecular weight is 437 g/mol. The van der Waals surface area contributed by atoms with E-state index in [1.165, 1.54) is 11.8 Å². The van der Waals surface area contributed by atoms with Crippen molar-refractivity contribution in [2.24, 2.45) is 11.8 Å². The van der Waals surface area contributed by atoms with Crippen molar-refractivity contribution in [2.75, 3.05) is 19.5 Å². The number of aromatic nitrogens is 3. The zero-order chi connectivity index (χ0) is 22.3. The maximum atomic E-state index is 12.7. The molecule has 0 aromatic carbocycles. The highest BCUT2D eigenvalue weighted by Crippen LogP contribution is 2.64. The van der Waals surface area contributed by atoms with Gasteiger partial charge in [0.2, 0.25) is 0 Å². The predicted octanol–water partition coefficient (Wildman–Crippen LogP) is 4.25. The second kappa shape index (κ2) is 8.70. The van der Waals surface area contributed by atoms with Crippen molar-refractivity contribution < 1.29 is 23.0 Å². The fourth-order valence-corrected chi connectivity index (χ4v) is 4.94. The van der Waals surface area contributed by atoms with E-state index in [1.54, 1.807) is 13.3 Å². The number of nitrogens with zero attached hydrogens (tertiary/aromatic N) is 3. The van der Waals surface area contributed by atoms with Gasteiger partial charge in [-0.1, -0.05) is 0 Å². The van der Waals surface area contributed by atoms with E-state index in [4.69, 9.17) is 20.3 Å². The van der Waals surface area contributed by atoms with Crippen LogP contribution in [0.2, 0.25) is 0 Å². The smallest absolute Gasteiger partial charge is 0.387 e. The summed E-state index contributed by atoms with van der Waals surface area (Å²) in [5, 5.41) is 4.76. The van der Waals surface area contributed by atoms with Crippen LogP contribution >= 0.6 is 0 Å². The standard InChI is InChI=1S/C22H30F2N4O3/c1-11(2)28-18(20-15-6-14(7-16(15)20)30-12(3)10-29-4)8-17(27-28)13-5-19(31-22(23)24)21(25)26-9-13/h5,8-9,11-12,14-16,20,22H,6-7,10H2,1-4H3,(H2,25,26)/t12?,14?,15-,16+,20+. The molecule has 9 heteroatoms. The van der Waals surface area contributed by atoms with E-state index in [0.29, 0.717) is 35.6 Å². The van der Waals surface area contributed by atoms with Gasteiger partial charge in [-0.2, -0.15) is 13.9 Å². The lowest BCUT2D eigenvalue weighted by atomic mass is 10.0. The number of halogens is 2. The first-order valence-corrected chi connectivity index (χ1v) is 10.7. The number of anilines is 1. The number of hydrogen-bond acceptors (Lipinski definition) is 6. The first-order chi connectivity index (χ1) is 14.8. The van der Waals surface area contributed by atoms with Gasteiger partial charge in [0.1, 0.15) is 0 Å². The van der Waals surface area contributed by atoms with Crippen LogP contribution in [-0.4, -0.2) is 47.3 Å². The topological polar surface area (TPSA) is 84.4 Å². The SMILES string of the molecule is COCC(C)OC1C[C@@H]2[C@H](C1)[C@H]2c1cc(-c2cnc(N)c(OC(F)F)c2)nn1C(C)C. The van der Waals surface area contributed by atoms with Gasteiger partial charge in [-0.3, -0.25) is 4.68 Å². The maximum Gasteiger partial charge on any atom is 0.387 e. The van der Waals surface area contributed by atoms with Crippen LogP contribution in [0.4, 0.5) is 14.6 Å². The van der Waals surface area contributed by atoms with Gasteiger partial charge in [-0.15, -0.1) is 0 Å². The van der Waals surface area contributed by atoms with Gasteiger partial charge in [-0.25, -0.2) is 4.98 Å². The zero-order valence-corrected chi connectivity index (χ0v) is 18.3. The van der Waals surface area contributed by atoms with Crippen LogP contribution in [0.25, 0.3) is 11.3 Å². The average Bonchev–Trinajstić information content (AvgIpc) is 3.05. The quantitative estimate of drug-likeness (QED) is 0.633. The van der Waals surface area contributed by atoms with E-state index < -0.39 is 6.61 Å². The van der Waals surface area contributed by atoms with Crippen LogP contribution in [0, 0.1) is 11.8 Å². The Bertz CT molecular complexity index is 908. The van der Waals surface area contributed by atoms with Crippen LogP contribution in [-0.2, 0) is 9.47 Å². The van der Waals surface area contributed by atoms with Crippen molar-refractivity contribution in [1.29, 1.82) is 0 Å². The highest BCUT2D eigenvalue weighted by molar-refractivity contribution is 5.64. The molecule has 0 aliphatic heterocycles. The van der Waals surface area contributed by atoms with E-state index in [9.17, 15) is 8.78 Å². The number of methoxy groups -OCH3 is 1. The number of nitrogens with two attached hydrogens (primary N) is 1. The summed E-state index contributed by atoms with van der Waals surface area (Å²) in [5.74, 6) is 1.41. The molecule has 2 aromatic heterocycles. The lowest BCUT2D eigenvalue weighted by Crippen LogP contribution is -2.23. The van der Waals surface area contributed by atoms with Crippen LogP contribution in [0.15, 0.2) is 18.3 Å². The summed E-state index contributed by atoms with van der Waals surface area (Å²) in [4.78, 5) is 4.01. The number of rotatable bonds is 9. The lowest BCUT2D eigenvalue weighted by molar-refractivity contribution is -0.0494. The summed E-state index contributed by atoms with van der Waals surface area (Å²) in [5.41, 5.74) is 8.13. The van der Waals surface area contributed by atoms with E-state index in [2.05, 4.69) is 23.6 Å². The van der Waals surface area contributed by atoms with E-state index in [1.807, 2.05) is 17.7 Å². The number of fused-ring (bicyclic) bond motifs is 1. The molecule has 2 aliphatic carbocycles. The molecule has 4 rings (SSSR count). The van der Waals surface area contributed by atoms with E-state index in [0.717, 1.165) is 12.8 Å². The number of hydrogen-bond donors (Lipinski definition) is 1. The van der Waals surface area contributed by atoms with Gasteiger partial charge in [0, 0.05) is 36.5 Å². The molecular formula is C22H30F2N4O3. The molecule has 7 nitrogen and oxygen atoms in total. The van der Waals surface area contributed by atoms with Gasteiger partial charge in [0.15, 0.2) is 11.6 Å². The van der Waals surface area contributed by atoms with Crippen molar-refractivity contribution in [1.82, 2.24) is 14.8 Å². The van der Waals surface area contributed by atoms with Crippen LogP contribution in [0.3, 0.4) is 0 Å². The molecule has 170 valence electrons. The Morgan fingerprint density at radius 3 is 2.52 bits per heavy atom. The molecule has 2 unspecified atom stereocenters.